The van der Waals surface area contributed by atoms with Crippen molar-refractivity contribution in [1.29, 1.82) is 0 Å². The van der Waals surface area contributed by atoms with Gasteiger partial charge in [0.15, 0.2) is 0 Å². The van der Waals surface area contributed by atoms with Crippen molar-refractivity contribution in [3.63, 3.8) is 0 Å². The Bertz CT molecular complexity index is 1070. The molecule has 1 amide bonds. The number of sulfonamides is 1. The van der Waals surface area contributed by atoms with Gasteiger partial charge in [0.25, 0.3) is 0 Å². The van der Waals surface area contributed by atoms with Crippen LogP contribution in [0.15, 0.2) is 15.5 Å². The van der Waals surface area contributed by atoms with Gasteiger partial charge in [0.05, 0.1) is 15.7 Å². The Morgan fingerprint density at radius 1 is 1.18 bits per heavy atom. The van der Waals surface area contributed by atoms with Crippen LogP contribution in [-0.2, 0) is 14.8 Å². The molecule has 1 aliphatic carbocycles. The molecule has 4 rings (SSSR count). The molecule has 1 saturated carbocycles. The number of aromatic nitrogens is 2. The number of aryl methyl sites for hydroxylation is 1. The van der Waals surface area contributed by atoms with Crippen molar-refractivity contribution >= 4 is 27.3 Å². The zero-order valence-corrected chi connectivity index (χ0v) is 21.3. The number of nitrogens with one attached hydrogen (secondary N) is 1. The normalized spacial score (nSPS) is 21.3. The van der Waals surface area contributed by atoms with E-state index in [1.807, 2.05) is 13.8 Å². The van der Waals surface area contributed by atoms with Crippen molar-refractivity contribution in [1.82, 2.24) is 19.8 Å². The third kappa shape index (κ3) is 5.49. The quantitative estimate of drug-likeness (QED) is 0.594. The minimum atomic E-state index is -3.72. The molecule has 0 unspecified atom stereocenters. The van der Waals surface area contributed by atoms with Gasteiger partial charge in [-0.1, -0.05) is 44.7 Å². The molecule has 2 aromatic rings. The second-order valence-electron chi connectivity index (χ2n) is 9.54. The number of hydrogen-bond donors (Lipinski definition) is 1. The lowest BCUT2D eigenvalue weighted by Gasteiger charge is -2.32. The SMILES string of the molecule is Cc1sc(-c2noc(C(C)C)n2)cc1S(=O)(=O)N1CCC[C@@H](C(=O)NC2CCCCCC2)C1. The van der Waals surface area contributed by atoms with E-state index in [4.69, 9.17) is 4.52 Å². The lowest BCUT2D eigenvalue weighted by Crippen LogP contribution is -2.47. The molecule has 3 heterocycles. The summed E-state index contributed by atoms with van der Waals surface area (Å²) in [6.45, 7) is 6.38. The Balaban J connectivity index is 1.47. The molecule has 2 aliphatic rings. The zero-order chi connectivity index (χ0) is 23.6. The Morgan fingerprint density at radius 3 is 2.58 bits per heavy atom. The van der Waals surface area contributed by atoms with Crippen molar-refractivity contribution in [3.05, 3.63) is 16.8 Å². The van der Waals surface area contributed by atoms with Crippen LogP contribution in [0.5, 0.6) is 0 Å². The van der Waals surface area contributed by atoms with E-state index in [-0.39, 0.29) is 35.2 Å². The summed E-state index contributed by atoms with van der Waals surface area (Å²) in [7, 11) is -3.72. The number of carbonyl (C=O) groups excluding carboxylic acids is 1. The Morgan fingerprint density at radius 2 is 1.91 bits per heavy atom. The predicted molar refractivity (Wildman–Crippen MR) is 128 cm³/mol. The molecule has 0 radical (unpaired) electrons. The molecule has 2 aromatic heterocycles. The van der Waals surface area contributed by atoms with E-state index in [0.29, 0.717) is 34.4 Å². The third-order valence-electron chi connectivity index (χ3n) is 6.60. The van der Waals surface area contributed by atoms with Crippen molar-refractivity contribution < 1.29 is 17.7 Å². The molecule has 10 heteroatoms. The molecular weight excluding hydrogens is 460 g/mol. The fraction of sp³-hybridized carbons (Fsp3) is 0.696. The van der Waals surface area contributed by atoms with Crippen LogP contribution in [0, 0.1) is 12.8 Å². The van der Waals surface area contributed by atoms with E-state index in [1.54, 1.807) is 13.0 Å². The first kappa shape index (κ1) is 24.3. The summed E-state index contributed by atoms with van der Waals surface area (Å²) in [5.41, 5.74) is 0. The van der Waals surface area contributed by atoms with Gasteiger partial charge in [-0.3, -0.25) is 4.79 Å². The van der Waals surface area contributed by atoms with Gasteiger partial charge in [0.2, 0.25) is 27.6 Å². The van der Waals surface area contributed by atoms with Crippen molar-refractivity contribution in [3.8, 4) is 10.7 Å². The highest BCUT2D eigenvalue weighted by Crippen LogP contribution is 2.35. The van der Waals surface area contributed by atoms with E-state index in [2.05, 4.69) is 15.5 Å². The molecule has 0 spiro atoms. The molecule has 0 aromatic carbocycles. The lowest BCUT2D eigenvalue weighted by molar-refractivity contribution is -0.126. The van der Waals surface area contributed by atoms with Crippen LogP contribution in [0.1, 0.15) is 81.9 Å². The number of rotatable bonds is 6. The van der Waals surface area contributed by atoms with Crippen LogP contribution in [0.3, 0.4) is 0 Å². The Kier molecular flexibility index (Phi) is 7.55. The van der Waals surface area contributed by atoms with Gasteiger partial charge >= 0.3 is 0 Å². The highest BCUT2D eigenvalue weighted by molar-refractivity contribution is 7.89. The number of thiophene rings is 1. The number of hydrogen-bond acceptors (Lipinski definition) is 7. The summed E-state index contributed by atoms with van der Waals surface area (Å²) in [4.78, 5) is 19.0. The maximum atomic E-state index is 13.5. The van der Waals surface area contributed by atoms with Crippen molar-refractivity contribution in [2.45, 2.75) is 89.0 Å². The van der Waals surface area contributed by atoms with Gasteiger partial charge in [-0.15, -0.1) is 11.3 Å². The van der Waals surface area contributed by atoms with E-state index in [0.717, 1.165) is 32.1 Å². The molecule has 182 valence electrons. The van der Waals surface area contributed by atoms with Crippen LogP contribution in [0.2, 0.25) is 0 Å². The first-order valence-electron chi connectivity index (χ1n) is 12.0. The van der Waals surface area contributed by atoms with E-state index in [1.165, 1.54) is 28.5 Å². The van der Waals surface area contributed by atoms with Crippen molar-refractivity contribution in [2.75, 3.05) is 13.1 Å². The first-order chi connectivity index (χ1) is 15.8. The van der Waals surface area contributed by atoms with Crippen LogP contribution >= 0.6 is 11.3 Å². The molecule has 1 N–H and O–H groups in total. The van der Waals surface area contributed by atoms with E-state index in [9.17, 15) is 13.2 Å². The lowest BCUT2D eigenvalue weighted by atomic mass is 9.97. The van der Waals surface area contributed by atoms with Gasteiger partial charge in [-0.05, 0) is 38.7 Å². The number of amides is 1. The van der Waals surface area contributed by atoms with Crippen LogP contribution < -0.4 is 5.32 Å². The fourth-order valence-electron chi connectivity index (χ4n) is 4.66. The standard InChI is InChI=1S/C23H34N4O4S2/c1-15(2)23-25-21(26-31-23)19-13-20(16(3)32-19)33(29,30)27-12-8-9-17(14-27)22(28)24-18-10-6-4-5-7-11-18/h13,15,17-18H,4-12,14H2,1-3H3,(H,24,28)/t17-/m1/s1. The van der Waals surface area contributed by atoms with Crippen LogP contribution in [0.4, 0.5) is 0 Å². The molecule has 1 aliphatic heterocycles. The summed E-state index contributed by atoms with van der Waals surface area (Å²) < 4.78 is 33.8. The number of nitrogens with zero attached hydrogens (tertiary/aromatic N) is 3. The van der Waals surface area contributed by atoms with Gasteiger partial charge in [-0.25, -0.2) is 8.42 Å². The summed E-state index contributed by atoms with van der Waals surface area (Å²) in [6.07, 6.45) is 8.19. The maximum absolute atomic E-state index is 13.5. The van der Waals surface area contributed by atoms with Crippen molar-refractivity contribution in [2.24, 2.45) is 5.92 Å². The maximum Gasteiger partial charge on any atom is 0.244 e. The summed E-state index contributed by atoms with van der Waals surface area (Å²) >= 11 is 1.35. The minimum absolute atomic E-state index is 0.00228. The molecule has 33 heavy (non-hydrogen) atoms. The predicted octanol–water partition coefficient (Wildman–Crippen LogP) is 4.47. The van der Waals surface area contributed by atoms with Gasteiger partial charge in [0.1, 0.15) is 0 Å². The highest BCUT2D eigenvalue weighted by atomic mass is 32.2. The average Bonchev–Trinajstić information content (AvgIpc) is 3.35. The summed E-state index contributed by atoms with van der Waals surface area (Å²) in [5.74, 6) is 0.732. The molecular formula is C23H34N4O4S2. The third-order valence-corrected chi connectivity index (χ3v) is 9.77. The van der Waals surface area contributed by atoms with Gasteiger partial charge in [-0.2, -0.15) is 9.29 Å². The molecule has 1 saturated heterocycles. The average molecular weight is 495 g/mol. The van der Waals surface area contributed by atoms with E-state index >= 15 is 0 Å². The molecule has 8 nitrogen and oxygen atoms in total. The largest absolute Gasteiger partial charge is 0.353 e. The monoisotopic (exact) mass is 494 g/mol. The number of piperidine rings is 1. The second-order valence-corrected chi connectivity index (χ2v) is 12.7. The van der Waals surface area contributed by atoms with Gasteiger partial charge < -0.3 is 9.84 Å². The molecule has 0 bridgehead atoms. The molecule has 2 fully saturated rings. The smallest absolute Gasteiger partial charge is 0.244 e. The number of carbonyl (C=O) groups is 1. The molecule has 1 atom stereocenters. The van der Waals surface area contributed by atoms with Crippen LogP contribution in [0.25, 0.3) is 10.7 Å². The van der Waals surface area contributed by atoms with Gasteiger partial charge in [0, 0.05) is 29.9 Å². The summed E-state index contributed by atoms with van der Waals surface area (Å²) in [6, 6.07) is 1.86. The van der Waals surface area contributed by atoms with E-state index < -0.39 is 10.0 Å². The summed E-state index contributed by atoms with van der Waals surface area (Å²) in [5, 5.41) is 7.22. The highest BCUT2D eigenvalue weighted by Gasteiger charge is 2.35. The first-order valence-corrected chi connectivity index (χ1v) is 14.3. The van der Waals surface area contributed by atoms with Crippen LogP contribution in [-0.4, -0.2) is 47.9 Å². The minimum Gasteiger partial charge on any atom is -0.353 e. The zero-order valence-electron chi connectivity index (χ0n) is 19.7. The Hall–Kier alpha value is -1.78. The second kappa shape index (κ2) is 10.2. The Labute approximate surface area is 200 Å². The topological polar surface area (TPSA) is 105 Å². The fourth-order valence-corrected chi connectivity index (χ4v) is 7.67.